The summed E-state index contributed by atoms with van der Waals surface area (Å²) < 4.78 is 0. The van der Waals surface area contributed by atoms with Crippen molar-refractivity contribution in [2.75, 3.05) is 0 Å². The molecule has 92 valence electrons. The lowest BCUT2D eigenvalue weighted by atomic mass is 10.1. The van der Waals surface area contributed by atoms with E-state index in [1.807, 2.05) is 36.6 Å². The van der Waals surface area contributed by atoms with E-state index in [0.29, 0.717) is 6.54 Å². The predicted octanol–water partition coefficient (Wildman–Crippen LogP) is 2.92. The Kier molecular flexibility index (Phi) is 3.89. The van der Waals surface area contributed by atoms with Crippen LogP contribution in [-0.4, -0.2) is 10.9 Å². The van der Waals surface area contributed by atoms with Gasteiger partial charge in [0.2, 0.25) is 5.91 Å². The van der Waals surface area contributed by atoms with Crippen LogP contribution in [0.1, 0.15) is 10.6 Å². The maximum absolute atomic E-state index is 11.0. The minimum absolute atomic E-state index is 0.158. The van der Waals surface area contributed by atoms with Crippen molar-refractivity contribution in [3.63, 3.8) is 0 Å². The molecule has 2 aromatic rings. The van der Waals surface area contributed by atoms with Crippen molar-refractivity contribution in [2.24, 2.45) is 0 Å². The van der Waals surface area contributed by atoms with Gasteiger partial charge in [0.25, 0.3) is 0 Å². The van der Waals surface area contributed by atoms with E-state index in [4.69, 9.17) is 0 Å². The Morgan fingerprint density at radius 1 is 1.44 bits per heavy atom. The number of benzene rings is 1. The second kappa shape index (κ2) is 5.60. The molecular formula is C14H14N2OS. The molecule has 1 N–H and O–H groups in total. The van der Waals surface area contributed by atoms with E-state index in [1.165, 1.54) is 6.08 Å². The molecule has 1 aromatic heterocycles. The zero-order valence-electron chi connectivity index (χ0n) is 10.1. The molecule has 4 heteroatoms. The first-order chi connectivity index (χ1) is 8.69. The summed E-state index contributed by atoms with van der Waals surface area (Å²) in [5.41, 5.74) is 3.15. The van der Waals surface area contributed by atoms with Crippen molar-refractivity contribution in [2.45, 2.75) is 13.5 Å². The molecule has 18 heavy (non-hydrogen) atoms. The third-order valence-electron chi connectivity index (χ3n) is 2.52. The second-order valence-electron chi connectivity index (χ2n) is 3.87. The molecule has 0 bridgehead atoms. The van der Waals surface area contributed by atoms with Crippen LogP contribution >= 0.6 is 11.3 Å². The highest BCUT2D eigenvalue weighted by atomic mass is 32.1. The largest absolute Gasteiger partial charge is 0.348 e. The second-order valence-corrected chi connectivity index (χ2v) is 4.93. The van der Waals surface area contributed by atoms with Crippen LogP contribution in [0.25, 0.3) is 11.3 Å². The third-order valence-corrected chi connectivity index (χ3v) is 3.29. The summed E-state index contributed by atoms with van der Waals surface area (Å²) in [6.45, 7) is 5.92. The van der Waals surface area contributed by atoms with Crippen LogP contribution in [0.5, 0.6) is 0 Å². The van der Waals surface area contributed by atoms with Gasteiger partial charge in [0.05, 0.1) is 10.7 Å². The molecule has 0 aliphatic heterocycles. The number of rotatable bonds is 4. The highest BCUT2D eigenvalue weighted by Gasteiger charge is 2.02. The monoisotopic (exact) mass is 258 g/mol. The van der Waals surface area contributed by atoms with Gasteiger partial charge in [0.1, 0.15) is 0 Å². The van der Waals surface area contributed by atoms with Crippen LogP contribution in [0.15, 0.2) is 42.3 Å². The van der Waals surface area contributed by atoms with E-state index in [9.17, 15) is 4.79 Å². The SMILES string of the molecule is C=CC(=O)NCc1ccc(-c2csc(C)n2)cc1. The van der Waals surface area contributed by atoms with Gasteiger partial charge in [-0.1, -0.05) is 30.8 Å². The van der Waals surface area contributed by atoms with E-state index in [1.54, 1.807) is 11.3 Å². The summed E-state index contributed by atoms with van der Waals surface area (Å²) in [6, 6.07) is 8.02. The summed E-state index contributed by atoms with van der Waals surface area (Å²) in [5, 5.41) is 5.85. The summed E-state index contributed by atoms with van der Waals surface area (Å²) in [4.78, 5) is 15.5. The van der Waals surface area contributed by atoms with E-state index in [2.05, 4.69) is 16.9 Å². The molecule has 0 spiro atoms. The molecular weight excluding hydrogens is 244 g/mol. The maximum Gasteiger partial charge on any atom is 0.243 e. The third kappa shape index (κ3) is 3.05. The quantitative estimate of drug-likeness (QED) is 0.857. The lowest BCUT2D eigenvalue weighted by molar-refractivity contribution is -0.116. The number of carbonyl (C=O) groups is 1. The van der Waals surface area contributed by atoms with Crippen molar-refractivity contribution in [3.05, 3.63) is 52.9 Å². The zero-order chi connectivity index (χ0) is 13.0. The molecule has 1 amide bonds. The smallest absolute Gasteiger partial charge is 0.243 e. The molecule has 2 rings (SSSR count). The minimum Gasteiger partial charge on any atom is -0.348 e. The molecule has 0 atom stereocenters. The number of aryl methyl sites for hydroxylation is 1. The fraction of sp³-hybridized carbons (Fsp3) is 0.143. The molecule has 0 saturated heterocycles. The molecule has 0 fully saturated rings. The first-order valence-electron chi connectivity index (χ1n) is 5.61. The Morgan fingerprint density at radius 3 is 2.72 bits per heavy atom. The Hall–Kier alpha value is -1.94. The van der Waals surface area contributed by atoms with Gasteiger partial charge in [0, 0.05) is 17.5 Å². The van der Waals surface area contributed by atoms with Crippen molar-refractivity contribution in [1.29, 1.82) is 0 Å². The molecule has 0 aliphatic carbocycles. The normalized spacial score (nSPS) is 10.1. The van der Waals surface area contributed by atoms with Gasteiger partial charge in [-0.15, -0.1) is 11.3 Å². The molecule has 0 aliphatic rings. The molecule has 1 heterocycles. The van der Waals surface area contributed by atoms with Gasteiger partial charge in [-0.25, -0.2) is 4.98 Å². The van der Waals surface area contributed by atoms with Gasteiger partial charge in [0.15, 0.2) is 0 Å². The van der Waals surface area contributed by atoms with Crippen LogP contribution in [0, 0.1) is 6.92 Å². The van der Waals surface area contributed by atoms with Gasteiger partial charge >= 0.3 is 0 Å². The number of nitrogens with one attached hydrogen (secondary N) is 1. The fourth-order valence-electron chi connectivity index (χ4n) is 1.55. The van der Waals surface area contributed by atoms with Crippen molar-refractivity contribution in [1.82, 2.24) is 10.3 Å². The van der Waals surface area contributed by atoms with Crippen molar-refractivity contribution < 1.29 is 4.79 Å². The standard InChI is InChI=1S/C14H14N2OS/c1-3-14(17)15-8-11-4-6-12(7-5-11)13-9-18-10(2)16-13/h3-7,9H,1,8H2,2H3,(H,15,17). The fourth-order valence-corrected chi connectivity index (χ4v) is 2.17. The molecule has 0 unspecified atom stereocenters. The lowest BCUT2D eigenvalue weighted by Gasteiger charge is -2.03. The van der Waals surface area contributed by atoms with Gasteiger partial charge in [-0.2, -0.15) is 0 Å². The molecule has 0 radical (unpaired) electrons. The number of aromatic nitrogens is 1. The number of hydrogen-bond donors (Lipinski definition) is 1. The maximum atomic E-state index is 11.0. The number of amides is 1. The van der Waals surface area contributed by atoms with E-state index in [0.717, 1.165) is 21.8 Å². The Labute approximate surface area is 110 Å². The highest BCUT2D eigenvalue weighted by Crippen LogP contribution is 2.21. The van der Waals surface area contributed by atoms with Crippen LogP contribution in [0.2, 0.25) is 0 Å². The van der Waals surface area contributed by atoms with Crippen molar-refractivity contribution >= 4 is 17.2 Å². The number of carbonyl (C=O) groups excluding carboxylic acids is 1. The van der Waals surface area contributed by atoms with E-state index >= 15 is 0 Å². The summed E-state index contributed by atoms with van der Waals surface area (Å²) >= 11 is 1.64. The lowest BCUT2D eigenvalue weighted by Crippen LogP contribution is -2.19. The molecule has 3 nitrogen and oxygen atoms in total. The summed E-state index contributed by atoms with van der Waals surface area (Å²) in [6.07, 6.45) is 1.27. The minimum atomic E-state index is -0.158. The topological polar surface area (TPSA) is 42.0 Å². The van der Waals surface area contributed by atoms with Gasteiger partial charge in [-0.3, -0.25) is 4.79 Å². The summed E-state index contributed by atoms with van der Waals surface area (Å²) in [7, 11) is 0. The Balaban J connectivity index is 2.06. The Morgan fingerprint density at radius 2 is 2.17 bits per heavy atom. The van der Waals surface area contributed by atoms with Crippen molar-refractivity contribution in [3.8, 4) is 11.3 Å². The van der Waals surface area contributed by atoms with Crippen LogP contribution in [-0.2, 0) is 11.3 Å². The average molecular weight is 258 g/mol. The number of thiazole rings is 1. The van der Waals surface area contributed by atoms with E-state index in [-0.39, 0.29) is 5.91 Å². The number of hydrogen-bond acceptors (Lipinski definition) is 3. The Bertz CT molecular complexity index is 557. The van der Waals surface area contributed by atoms with Crippen LogP contribution in [0.3, 0.4) is 0 Å². The van der Waals surface area contributed by atoms with E-state index < -0.39 is 0 Å². The van der Waals surface area contributed by atoms with Crippen LogP contribution < -0.4 is 5.32 Å². The first kappa shape index (κ1) is 12.5. The zero-order valence-corrected chi connectivity index (χ0v) is 11.0. The predicted molar refractivity (Wildman–Crippen MR) is 74.3 cm³/mol. The van der Waals surface area contributed by atoms with Gasteiger partial charge < -0.3 is 5.32 Å². The summed E-state index contributed by atoms with van der Waals surface area (Å²) in [5.74, 6) is -0.158. The van der Waals surface area contributed by atoms with Gasteiger partial charge in [-0.05, 0) is 18.6 Å². The average Bonchev–Trinajstić information content (AvgIpc) is 2.83. The first-order valence-corrected chi connectivity index (χ1v) is 6.48. The van der Waals surface area contributed by atoms with Crippen LogP contribution in [0.4, 0.5) is 0 Å². The highest BCUT2D eigenvalue weighted by molar-refractivity contribution is 7.09. The molecule has 0 saturated carbocycles. The molecule has 1 aromatic carbocycles. The number of nitrogens with zero attached hydrogens (tertiary/aromatic N) is 1.